The Balaban J connectivity index is 1.46. The molecule has 0 radical (unpaired) electrons. The Bertz CT molecular complexity index is 1170. The van der Waals surface area contributed by atoms with Crippen LogP contribution >= 0.6 is 23.2 Å². The molecule has 1 aromatic heterocycles. The first-order valence-corrected chi connectivity index (χ1v) is 10.2. The summed E-state index contributed by atoms with van der Waals surface area (Å²) in [6, 6.07) is 11.2. The highest BCUT2D eigenvalue weighted by molar-refractivity contribution is 6.42. The number of para-hydroxylation sites is 1. The average Bonchev–Trinajstić information content (AvgIpc) is 3.19. The van der Waals surface area contributed by atoms with Crippen LogP contribution in [0.4, 0.5) is 5.69 Å². The first-order valence-electron chi connectivity index (χ1n) is 9.40. The number of amides is 1. The summed E-state index contributed by atoms with van der Waals surface area (Å²) >= 11 is 11.9. The molecule has 1 aliphatic heterocycles. The zero-order valence-electron chi connectivity index (χ0n) is 15.7. The van der Waals surface area contributed by atoms with Crippen LogP contribution in [0.1, 0.15) is 33.7 Å². The molecule has 7 nitrogen and oxygen atoms in total. The number of benzene rings is 2. The largest absolute Gasteiger partial charge is 0.345 e. The molecule has 0 bridgehead atoms. The Morgan fingerprint density at radius 2 is 1.80 bits per heavy atom. The topological polar surface area (TPSA) is 96.3 Å². The lowest BCUT2D eigenvalue weighted by Gasteiger charge is -2.31. The summed E-state index contributed by atoms with van der Waals surface area (Å²) in [4.78, 5) is 40.9. The van der Waals surface area contributed by atoms with Crippen LogP contribution in [0.25, 0.3) is 10.9 Å². The van der Waals surface area contributed by atoms with E-state index in [-0.39, 0.29) is 23.3 Å². The van der Waals surface area contributed by atoms with Gasteiger partial charge in [0.25, 0.3) is 11.6 Å². The number of non-ortho nitro benzene ring substituents is 1. The number of nitro groups is 1. The fourth-order valence-electron chi connectivity index (χ4n) is 3.81. The van der Waals surface area contributed by atoms with E-state index in [1.165, 1.54) is 6.07 Å². The number of nitrogens with one attached hydrogen (secondary N) is 1. The van der Waals surface area contributed by atoms with Crippen molar-refractivity contribution in [3.05, 3.63) is 73.9 Å². The Morgan fingerprint density at radius 3 is 2.47 bits per heavy atom. The molecule has 0 spiro atoms. The van der Waals surface area contributed by atoms with Gasteiger partial charge in [-0.3, -0.25) is 19.7 Å². The van der Waals surface area contributed by atoms with Gasteiger partial charge in [0.1, 0.15) is 11.2 Å². The summed E-state index contributed by atoms with van der Waals surface area (Å²) in [6.07, 6.45) is 1.07. The van der Waals surface area contributed by atoms with Gasteiger partial charge in [0.2, 0.25) is 0 Å². The minimum atomic E-state index is -0.479. The number of fused-ring (bicyclic) bond motifs is 1. The molecule has 0 atom stereocenters. The smallest absolute Gasteiger partial charge is 0.293 e. The standard InChI is InChI=1S/C21H17Cl2N3O4/c22-15-5-4-14(10-16(15)23)20(27)12-6-8-25(9-7-12)21(28)17-11-13-2-1-3-18(26(29)30)19(13)24-17/h1-5,10-12,24H,6-9H2. The third kappa shape index (κ3) is 3.78. The van der Waals surface area contributed by atoms with E-state index in [0.29, 0.717) is 58.1 Å². The van der Waals surface area contributed by atoms with Crippen molar-refractivity contribution in [2.24, 2.45) is 5.92 Å². The highest BCUT2D eigenvalue weighted by Crippen LogP contribution is 2.29. The van der Waals surface area contributed by atoms with Gasteiger partial charge in [-0.1, -0.05) is 35.3 Å². The molecular weight excluding hydrogens is 429 g/mol. The minimum absolute atomic E-state index is 0.0121. The summed E-state index contributed by atoms with van der Waals surface area (Å²) in [5.74, 6) is -0.446. The maximum atomic E-state index is 12.9. The maximum Gasteiger partial charge on any atom is 0.293 e. The number of Topliss-reactive ketones (excluding diaryl/α,β-unsaturated/α-hetero) is 1. The number of hydrogen-bond donors (Lipinski definition) is 1. The average molecular weight is 446 g/mol. The van der Waals surface area contributed by atoms with Crippen LogP contribution in [-0.4, -0.2) is 39.6 Å². The van der Waals surface area contributed by atoms with Gasteiger partial charge >= 0.3 is 0 Å². The molecule has 4 rings (SSSR count). The number of halogens is 2. The number of H-pyrrole nitrogens is 1. The number of carbonyl (C=O) groups excluding carboxylic acids is 2. The summed E-state index contributed by atoms with van der Waals surface area (Å²) in [6.45, 7) is 0.849. The molecule has 1 amide bonds. The molecule has 154 valence electrons. The predicted octanol–water partition coefficient (Wildman–Crippen LogP) is 5.12. The van der Waals surface area contributed by atoms with Crippen molar-refractivity contribution in [3.63, 3.8) is 0 Å². The number of nitro benzene ring substituents is 1. The van der Waals surface area contributed by atoms with Crippen LogP contribution in [0.2, 0.25) is 10.0 Å². The molecule has 9 heteroatoms. The van der Waals surface area contributed by atoms with Crippen LogP contribution in [0.15, 0.2) is 42.5 Å². The van der Waals surface area contributed by atoms with Crippen molar-refractivity contribution in [1.82, 2.24) is 9.88 Å². The zero-order chi connectivity index (χ0) is 21.4. The Hall–Kier alpha value is -2.90. The number of nitrogens with zero attached hydrogens (tertiary/aromatic N) is 2. The van der Waals surface area contributed by atoms with Gasteiger partial charge in [-0.05, 0) is 37.1 Å². The molecule has 1 N–H and O–H groups in total. The molecule has 30 heavy (non-hydrogen) atoms. The quantitative estimate of drug-likeness (QED) is 0.342. The molecule has 1 saturated heterocycles. The molecule has 0 aliphatic carbocycles. The third-order valence-electron chi connectivity index (χ3n) is 5.42. The fraction of sp³-hybridized carbons (Fsp3) is 0.238. The first-order chi connectivity index (χ1) is 14.3. The Morgan fingerprint density at radius 1 is 1.07 bits per heavy atom. The second-order valence-electron chi connectivity index (χ2n) is 7.24. The summed E-state index contributed by atoms with van der Waals surface area (Å²) in [5, 5.41) is 12.5. The SMILES string of the molecule is O=C(c1ccc(Cl)c(Cl)c1)C1CCN(C(=O)c2cc3cccc([N+](=O)[O-])c3[nH]2)CC1. The van der Waals surface area contributed by atoms with Crippen LogP contribution in [0.5, 0.6) is 0 Å². The van der Waals surface area contributed by atoms with Crippen LogP contribution < -0.4 is 0 Å². The Labute approximate surface area is 181 Å². The molecule has 1 fully saturated rings. The molecule has 0 saturated carbocycles. The summed E-state index contributed by atoms with van der Waals surface area (Å²) in [5.41, 5.74) is 1.07. The normalized spacial score (nSPS) is 14.8. The van der Waals surface area contributed by atoms with Crippen LogP contribution in [0.3, 0.4) is 0 Å². The van der Waals surface area contributed by atoms with Crippen molar-refractivity contribution >= 4 is 51.5 Å². The minimum Gasteiger partial charge on any atom is -0.345 e. The number of ketones is 1. The molecule has 3 aromatic rings. The first kappa shape index (κ1) is 20.4. The van der Waals surface area contributed by atoms with E-state index in [1.54, 1.807) is 41.3 Å². The summed E-state index contributed by atoms with van der Waals surface area (Å²) in [7, 11) is 0. The van der Waals surface area contributed by atoms with E-state index in [4.69, 9.17) is 23.2 Å². The lowest BCUT2D eigenvalue weighted by Crippen LogP contribution is -2.40. The lowest BCUT2D eigenvalue weighted by atomic mass is 9.89. The van der Waals surface area contributed by atoms with Crippen LogP contribution in [0, 0.1) is 16.0 Å². The van der Waals surface area contributed by atoms with E-state index < -0.39 is 4.92 Å². The van der Waals surface area contributed by atoms with Gasteiger partial charge in [0.15, 0.2) is 5.78 Å². The molecule has 2 aromatic carbocycles. The van der Waals surface area contributed by atoms with E-state index in [2.05, 4.69) is 4.98 Å². The van der Waals surface area contributed by atoms with Crippen molar-refractivity contribution < 1.29 is 14.5 Å². The predicted molar refractivity (Wildman–Crippen MR) is 114 cm³/mol. The van der Waals surface area contributed by atoms with Gasteiger partial charge in [0.05, 0.1) is 15.0 Å². The van der Waals surface area contributed by atoms with Gasteiger partial charge in [0, 0.05) is 36.0 Å². The monoisotopic (exact) mass is 445 g/mol. The fourth-order valence-corrected chi connectivity index (χ4v) is 4.11. The van der Waals surface area contributed by atoms with Crippen molar-refractivity contribution in [3.8, 4) is 0 Å². The van der Waals surface area contributed by atoms with E-state index >= 15 is 0 Å². The highest BCUT2D eigenvalue weighted by atomic mass is 35.5. The second-order valence-corrected chi connectivity index (χ2v) is 8.06. The number of aromatic amines is 1. The maximum absolute atomic E-state index is 12.9. The lowest BCUT2D eigenvalue weighted by molar-refractivity contribution is -0.383. The third-order valence-corrected chi connectivity index (χ3v) is 6.16. The molecular formula is C21H17Cl2N3O4. The van der Waals surface area contributed by atoms with Crippen molar-refractivity contribution in [2.45, 2.75) is 12.8 Å². The van der Waals surface area contributed by atoms with E-state index in [0.717, 1.165) is 0 Å². The van der Waals surface area contributed by atoms with Gasteiger partial charge < -0.3 is 9.88 Å². The van der Waals surface area contributed by atoms with E-state index in [9.17, 15) is 19.7 Å². The Kier molecular flexibility index (Phi) is 5.49. The number of likely N-dealkylation sites (tertiary alicyclic amines) is 1. The molecule has 0 unspecified atom stereocenters. The van der Waals surface area contributed by atoms with Crippen LogP contribution in [-0.2, 0) is 0 Å². The number of rotatable bonds is 4. The summed E-state index contributed by atoms with van der Waals surface area (Å²) < 4.78 is 0. The van der Waals surface area contributed by atoms with E-state index in [1.807, 2.05) is 0 Å². The number of carbonyl (C=O) groups is 2. The molecule has 2 heterocycles. The highest BCUT2D eigenvalue weighted by Gasteiger charge is 2.29. The van der Waals surface area contributed by atoms with Crippen molar-refractivity contribution in [1.29, 1.82) is 0 Å². The number of hydrogen-bond acceptors (Lipinski definition) is 4. The second kappa shape index (κ2) is 8.08. The number of aromatic nitrogens is 1. The zero-order valence-corrected chi connectivity index (χ0v) is 17.2. The van der Waals surface area contributed by atoms with Gasteiger partial charge in [-0.15, -0.1) is 0 Å². The molecule has 1 aliphatic rings. The van der Waals surface area contributed by atoms with Gasteiger partial charge in [-0.2, -0.15) is 0 Å². The van der Waals surface area contributed by atoms with Crippen molar-refractivity contribution in [2.75, 3.05) is 13.1 Å². The van der Waals surface area contributed by atoms with Gasteiger partial charge in [-0.25, -0.2) is 0 Å². The number of piperidine rings is 1.